The average molecular weight is 214 g/mol. The van der Waals surface area contributed by atoms with Crippen molar-refractivity contribution in [2.75, 3.05) is 5.01 Å². The first-order valence-electron chi connectivity index (χ1n) is 5.69. The molecule has 2 aliphatic rings. The van der Waals surface area contributed by atoms with E-state index in [1.54, 1.807) is 5.01 Å². The zero-order valence-corrected chi connectivity index (χ0v) is 9.31. The second-order valence-corrected chi connectivity index (χ2v) is 4.68. The smallest absolute Gasteiger partial charge is 0.259 e. The third kappa shape index (κ3) is 1.14. The fraction of sp³-hybridized carbons (Fsp3) is 0.385. The fourth-order valence-electron chi connectivity index (χ4n) is 2.56. The zero-order chi connectivity index (χ0) is 11.2. The number of nitrogens with zero attached hydrogens (tertiary/aromatic N) is 2. The predicted octanol–water partition coefficient (Wildman–Crippen LogP) is 2.58. The first kappa shape index (κ1) is 9.58. The molecule has 1 amide bonds. The summed E-state index contributed by atoms with van der Waals surface area (Å²) in [6.07, 6.45) is 2.99. The van der Waals surface area contributed by atoms with Gasteiger partial charge in [0, 0.05) is 0 Å². The maximum absolute atomic E-state index is 12.3. The van der Waals surface area contributed by atoms with Crippen molar-refractivity contribution < 1.29 is 4.79 Å². The van der Waals surface area contributed by atoms with Crippen molar-refractivity contribution in [2.24, 2.45) is 10.5 Å². The van der Waals surface area contributed by atoms with Crippen LogP contribution >= 0.6 is 0 Å². The average Bonchev–Trinajstić information content (AvgIpc) is 2.78. The molecule has 16 heavy (non-hydrogen) atoms. The van der Waals surface area contributed by atoms with Crippen molar-refractivity contribution in [1.29, 1.82) is 0 Å². The number of hydrogen-bond acceptors (Lipinski definition) is 2. The molecule has 1 saturated carbocycles. The number of para-hydroxylation sites is 1. The molecule has 0 unspecified atom stereocenters. The van der Waals surface area contributed by atoms with E-state index >= 15 is 0 Å². The normalized spacial score (nSPS) is 28.2. The summed E-state index contributed by atoms with van der Waals surface area (Å²) in [5, 5.41) is 6.04. The summed E-state index contributed by atoms with van der Waals surface area (Å²) in [5.41, 5.74) is 1.60. The molecule has 1 heterocycles. The van der Waals surface area contributed by atoms with Crippen molar-refractivity contribution >= 4 is 17.3 Å². The van der Waals surface area contributed by atoms with Crippen molar-refractivity contribution in [2.45, 2.75) is 26.2 Å². The standard InChI is InChI=1S/C13H14N2O/c1-13-9-5-8-11(13)14-15(12(13)16)10-6-3-2-4-7-10/h2-4,6-7H,5,8-9H2,1H3/t13-/m1/s1. The van der Waals surface area contributed by atoms with Gasteiger partial charge < -0.3 is 0 Å². The summed E-state index contributed by atoms with van der Waals surface area (Å²) in [6, 6.07) is 9.65. The molecule has 0 spiro atoms. The molecular formula is C13H14N2O. The fourth-order valence-corrected chi connectivity index (χ4v) is 2.56. The van der Waals surface area contributed by atoms with Crippen LogP contribution in [0, 0.1) is 5.41 Å². The van der Waals surface area contributed by atoms with Gasteiger partial charge in [0.25, 0.3) is 5.91 Å². The van der Waals surface area contributed by atoms with Gasteiger partial charge in [-0.3, -0.25) is 4.79 Å². The number of hydrazone groups is 1. The Morgan fingerprint density at radius 1 is 1.31 bits per heavy atom. The number of hydrogen-bond donors (Lipinski definition) is 0. The van der Waals surface area contributed by atoms with Gasteiger partial charge in [0.1, 0.15) is 0 Å². The zero-order valence-electron chi connectivity index (χ0n) is 9.31. The molecule has 0 saturated heterocycles. The molecule has 3 rings (SSSR count). The molecule has 1 aromatic rings. The highest BCUT2D eigenvalue weighted by Crippen LogP contribution is 2.42. The maximum Gasteiger partial charge on any atom is 0.259 e. The number of anilines is 1. The van der Waals surface area contributed by atoms with E-state index in [1.165, 1.54) is 0 Å². The van der Waals surface area contributed by atoms with Gasteiger partial charge in [-0.25, -0.2) is 0 Å². The van der Waals surface area contributed by atoms with Crippen LogP contribution in [0.25, 0.3) is 0 Å². The highest BCUT2D eigenvalue weighted by molar-refractivity contribution is 6.19. The number of fused-ring (bicyclic) bond motifs is 1. The Hall–Kier alpha value is -1.64. The monoisotopic (exact) mass is 214 g/mol. The van der Waals surface area contributed by atoms with Gasteiger partial charge in [-0.15, -0.1) is 0 Å². The number of benzene rings is 1. The SMILES string of the molecule is C[C@@]12CCCC1=NN(c1ccccc1)C2=O. The van der Waals surface area contributed by atoms with Crippen LogP contribution in [0.3, 0.4) is 0 Å². The van der Waals surface area contributed by atoms with Crippen LogP contribution in [0.2, 0.25) is 0 Å². The van der Waals surface area contributed by atoms with Crippen LogP contribution in [0.5, 0.6) is 0 Å². The van der Waals surface area contributed by atoms with Crippen molar-refractivity contribution in [3.63, 3.8) is 0 Å². The van der Waals surface area contributed by atoms with Crippen LogP contribution in [0.4, 0.5) is 5.69 Å². The third-order valence-electron chi connectivity index (χ3n) is 3.61. The third-order valence-corrected chi connectivity index (χ3v) is 3.61. The van der Waals surface area contributed by atoms with Crippen LogP contribution in [-0.4, -0.2) is 11.6 Å². The van der Waals surface area contributed by atoms with Crippen molar-refractivity contribution in [3.8, 4) is 0 Å². The quantitative estimate of drug-likeness (QED) is 0.707. The number of carbonyl (C=O) groups is 1. The lowest BCUT2D eigenvalue weighted by Gasteiger charge is -2.19. The molecule has 1 aliphatic carbocycles. The van der Waals surface area contributed by atoms with Crippen molar-refractivity contribution in [1.82, 2.24) is 0 Å². The van der Waals surface area contributed by atoms with E-state index in [0.29, 0.717) is 0 Å². The Morgan fingerprint density at radius 2 is 2.06 bits per heavy atom. The molecule has 0 aromatic heterocycles. The summed E-state index contributed by atoms with van der Waals surface area (Å²) in [5.74, 6) is 0.131. The van der Waals surface area contributed by atoms with Gasteiger partial charge in [0.15, 0.2) is 0 Å². The molecule has 3 nitrogen and oxygen atoms in total. The van der Waals surface area contributed by atoms with Crippen LogP contribution in [0.1, 0.15) is 26.2 Å². The first-order chi connectivity index (χ1) is 7.72. The number of carbonyl (C=O) groups excluding carboxylic acids is 1. The molecule has 1 aromatic carbocycles. The highest BCUT2D eigenvalue weighted by atomic mass is 16.2. The lowest BCUT2D eigenvalue weighted by molar-refractivity contribution is -0.123. The van der Waals surface area contributed by atoms with Gasteiger partial charge >= 0.3 is 0 Å². The van der Waals surface area contributed by atoms with Crippen LogP contribution < -0.4 is 5.01 Å². The Kier molecular flexibility index (Phi) is 1.90. The predicted molar refractivity (Wildman–Crippen MR) is 63.3 cm³/mol. The number of amides is 1. The lowest BCUT2D eigenvalue weighted by atomic mass is 9.87. The van der Waals surface area contributed by atoms with E-state index < -0.39 is 0 Å². The topological polar surface area (TPSA) is 32.7 Å². The van der Waals surface area contributed by atoms with E-state index in [1.807, 2.05) is 37.3 Å². The lowest BCUT2D eigenvalue weighted by Crippen LogP contribution is -2.34. The molecule has 3 heteroatoms. The molecule has 0 N–H and O–H groups in total. The van der Waals surface area contributed by atoms with E-state index in [-0.39, 0.29) is 11.3 Å². The van der Waals surface area contributed by atoms with Gasteiger partial charge in [-0.05, 0) is 38.3 Å². The molecule has 0 bridgehead atoms. The summed E-state index contributed by atoms with van der Waals surface area (Å²) >= 11 is 0. The Morgan fingerprint density at radius 3 is 2.75 bits per heavy atom. The summed E-state index contributed by atoms with van der Waals surface area (Å²) in [7, 11) is 0. The Balaban J connectivity index is 2.02. The summed E-state index contributed by atoms with van der Waals surface area (Å²) in [6.45, 7) is 2.02. The Labute approximate surface area is 94.8 Å². The van der Waals surface area contributed by atoms with Gasteiger partial charge in [-0.2, -0.15) is 10.1 Å². The molecule has 1 aliphatic heterocycles. The highest BCUT2D eigenvalue weighted by Gasteiger charge is 2.49. The van der Waals surface area contributed by atoms with Gasteiger partial charge in [0.2, 0.25) is 0 Å². The summed E-state index contributed by atoms with van der Waals surface area (Å²) in [4.78, 5) is 12.3. The first-order valence-corrected chi connectivity index (χ1v) is 5.69. The minimum absolute atomic E-state index is 0.131. The van der Waals surface area contributed by atoms with E-state index in [9.17, 15) is 4.79 Å². The molecule has 1 fully saturated rings. The van der Waals surface area contributed by atoms with Crippen LogP contribution in [0.15, 0.2) is 35.4 Å². The van der Waals surface area contributed by atoms with Gasteiger partial charge in [0.05, 0.1) is 16.8 Å². The minimum atomic E-state index is -0.324. The number of rotatable bonds is 1. The Bertz CT molecular complexity index is 466. The van der Waals surface area contributed by atoms with E-state index in [2.05, 4.69) is 5.10 Å². The maximum atomic E-state index is 12.3. The van der Waals surface area contributed by atoms with Gasteiger partial charge in [-0.1, -0.05) is 18.2 Å². The van der Waals surface area contributed by atoms with Crippen LogP contribution in [-0.2, 0) is 4.79 Å². The second kappa shape index (κ2) is 3.17. The largest absolute Gasteiger partial charge is 0.271 e. The molecule has 0 radical (unpaired) electrons. The molecule has 82 valence electrons. The molecule has 1 atom stereocenters. The van der Waals surface area contributed by atoms with E-state index in [0.717, 1.165) is 30.7 Å². The second-order valence-electron chi connectivity index (χ2n) is 4.68. The minimum Gasteiger partial charge on any atom is -0.271 e. The summed E-state index contributed by atoms with van der Waals surface area (Å²) < 4.78 is 0. The van der Waals surface area contributed by atoms with Crippen molar-refractivity contribution in [3.05, 3.63) is 30.3 Å². The van der Waals surface area contributed by atoms with E-state index in [4.69, 9.17) is 0 Å². The molecular weight excluding hydrogens is 200 g/mol.